The van der Waals surface area contributed by atoms with E-state index < -0.39 is 5.91 Å². The van der Waals surface area contributed by atoms with E-state index in [1.54, 1.807) is 11.3 Å². The highest BCUT2D eigenvalue weighted by Crippen LogP contribution is 2.38. The third-order valence-corrected chi connectivity index (χ3v) is 7.46. The number of nitrogens with one attached hydrogen (secondary N) is 2. The maximum Gasteiger partial charge on any atom is 0.280 e. The van der Waals surface area contributed by atoms with E-state index in [9.17, 15) is 9.59 Å². The molecular weight excluding hydrogens is 394 g/mol. The Hall–Kier alpha value is -1.74. The number of rotatable bonds is 8. The van der Waals surface area contributed by atoms with Crippen molar-refractivity contribution in [2.45, 2.75) is 44.8 Å². The van der Waals surface area contributed by atoms with Crippen LogP contribution in [0.25, 0.3) is 0 Å². The van der Waals surface area contributed by atoms with E-state index in [0.29, 0.717) is 17.1 Å². The Kier molecular flexibility index (Phi) is 6.10. The summed E-state index contributed by atoms with van der Waals surface area (Å²) in [7, 11) is 0. The first-order chi connectivity index (χ1) is 13.6. The number of thiophene rings is 2. The van der Waals surface area contributed by atoms with Gasteiger partial charge in [0, 0.05) is 11.5 Å². The zero-order valence-corrected chi connectivity index (χ0v) is 17.4. The molecule has 1 fully saturated rings. The van der Waals surface area contributed by atoms with Crippen LogP contribution in [0.1, 0.15) is 44.9 Å². The van der Waals surface area contributed by atoms with Gasteiger partial charge in [-0.2, -0.15) is 0 Å². The number of nitrogens with two attached hydrogens (primary N) is 1. The molecule has 4 N–H and O–H groups in total. The quantitative estimate of drug-likeness (QED) is 0.606. The Labute approximate surface area is 172 Å². The van der Waals surface area contributed by atoms with Gasteiger partial charge in [-0.3, -0.25) is 9.59 Å². The summed E-state index contributed by atoms with van der Waals surface area (Å²) in [6.07, 6.45) is 5.25. The monoisotopic (exact) mass is 420 g/mol. The van der Waals surface area contributed by atoms with Gasteiger partial charge in [0.15, 0.2) is 6.54 Å². The number of carbonyl (C=O) groups excluding carboxylic acids is 2. The molecule has 2 amide bonds. The van der Waals surface area contributed by atoms with Crippen LogP contribution in [0.15, 0.2) is 17.5 Å². The van der Waals surface area contributed by atoms with E-state index in [1.165, 1.54) is 26.0 Å². The van der Waals surface area contributed by atoms with Crippen LogP contribution in [0.2, 0.25) is 0 Å². The van der Waals surface area contributed by atoms with Crippen LogP contribution >= 0.6 is 22.7 Å². The average Bonchev–Trinajstić information content (AvgIpc) is 3.39. The molecule has 1 unspecified atom stereocenters. The van der Waals surface area contributed by atoms with Gasteiger partial charge in [0.05, 0.1) is 10.4 Å². The Balaban J connectivity index is 1.44. The van der Waals surface area contributed by atoms with Crippen molar-refractivity contribution < 1.29 is 19.2 Å². The number of quaternary nitrogens is 1. The molecule has 2 aliphatic rings. The zero-order valence-electron chi connectivity index (χ0n) is 15.8. The predicted molar refractivity (Wildman–Crippen MR) is 111 cm³/mol. The number of ether oxygens (including phenoxy) is 1. The number of hydrogen-bond acceptors (Lipinski definition) is 5. The molecule has 150 valence electrons. The minimum Gasteiger partial charge on any atom is -0.372 e. The second kappa shape index (κ2) is 8.73. The predicted octanol–water partition coefficient (Wildman–Crippen LogP) is 1.60. The summed E-state index contributed by atoms with van der Waals surface area (Å²) in [5.41, 5.74) is 7.16. The number of anilines is 1. The highest BCUT2D eigenvalue weighted by atomic mass is 32.1. The van der Waals surface area contributed by atoms with Crippen LogP contribution in [0, 0.1) is 0 Å². The molecule has 0 bridgehead atoms. The Morgan fingerprint density at radius 3 is 2.93 bits per heavy atom. The van der Waals surface area contributed by atoms with Crippen molar-refractivity contribution >= 4 is 39.5 Å². The van der Waals surface area contributed by atoms with E-state index in [-0.39, 0.29) is 12.0 Å². The molecule has 1 aliphatic heterocycles. The van der Waals surface area contributed by atoms with Crippen molar-refractivity contribution in [2.24, 2.45) is 5.73 Å². The molecule has 1 aliphatic carbocycles. The van der Waals surface area contributed by atoms with Crippen molar-refractivity contribution in [1.82, 2.24) is 0 Å². The van der Waals surface area contributed by atoms with Gasteiger partial charge in [0.1, 0.15) is 24.2 Å². The summed E-state index contributed by atoms with van der Waals surface area (Å²) >= 11 is 3.22. The first-order valence-electron chi connectivity index (χ1n) is 9.82. The SMILES string of the molecule is NC(=O)c1c(NC(=O)C[NH+](Cc2cccs2)C[C@@H]2CCCO2)sc2c1CCC2. The van der Waals surface area contributed by atoms with Gasteiger partial charge in [-0.15, -0.1) is 22.7 Å². The summed E-state index contributed by atoms with van der Waals surface area (Å²) in [5.74, 6) is -0.524. The molecule has 2 atom stereocenters. The fourth-order valence-corrected chi connectivity index (χ4v) is 6.23. The Morgan fingerprint density at radius 2 is 2.21 bits per heavy atom. The lowest BCUT2D eigenvalue weighted by molar-refractivity contribution is -0.908. The zero-order chi connectivity index (χ0) is 19.5. The summed E-state index contributed by atoms with van der Waals surface area (Å²) in [6, 6.07) is 4.14. The molecule has 0 spiro atoms. The number of aryl methyl sites for hydroxylation is 1. The Bertz CT molecular complexity index is 841. The van der Waals surface area contributed by atoms with Crippen molar-refractivity contribution in [3.8, 4) is 0 Å². The number of hydrogen-bond donors (Lipinski definition) is 3. The van der Waals surface area contributed by atoms with Gasteiger partial charge in [-0.1, -0.05) is 6.07 Å². The third-order valence-electron chi connectivity index (χ3n) is 5.38. The molecule has 6 nitrogen and oxygen atoms in total. The molecule has 8 heteroatoms. The van der Waals surface area contributed by atoms with Crippen molar-refractivity contribution in [3.63, 3.8) is 0 Å². The molecule has 0 aromatic carbocycles. The van der Waals surface area contributed by atoms with Gasteiger partial charge >= 0.3 is 0 Å². The van der Waals surface area contributed by atoms with Crippen molar-refractivity contribution in [3.05, 3.63) is 38.4 Å². The standard InChI is InChI=1S/C20H25N3O3S2/c21-19(25)18-15-6-1-7-16(15)28-20(18)22-17(24)12-23(10-13-4-2-8-26-13)11-14-5-3-9-27-14/h3,5,9,13H,1-2,4,6-8,10-12H2,(H2,21,25)(H,22,24)/p+1/t13-/m0/s1. The molecular formula is C20H26N3O3S2+. The number of carbonyl (C=O) groups is 2. The topological polar surface area (TPSA) is 85.9 Å². The summed E-state index contributed by atoms with van der Waals surface area (Å²) in [4.78, 5) is 28.4. The van der Waals surface area contributed by atoms with Crippen molar-refractivity contribution in [2.75, 3.05) is 25.0 Å². The van der Waals surface area contributed by atoms with Crippen LogP contribution in [-0.2, 0) is 28.9 Å². The van der Waals surface area contributed by atoms with Crippen LogP contribution in [0.5, 0.6) is 0 Å². The minimum absolute atomic E-state index is 0.0769. The van der Waals surface area contributed by atoms with E-state index >= 15 is 0 Å². The Morgan fingerprint density at radius 1 is 1.32 bits per heavy atom. The maximum atomic E-state index is 12.8. The van der Waals surface area contributed by atoms with Crippen LogP contribution < -0.4 is 16.0 Å². The van der Waals surface area contributed by atoms with Gasteiger partial charge in [-0.05, 0) is 49.1 Å². The molecule has 2 aromatic heterocycles. The second-order valence-electron chi connectivity index (χ2n) is 7.50. The molecule has 3 heterocycles. The lowest BCUT2D eigenvalue weighted by Gasteiger charge is -2.21. The first-order valence-corrected chi connectivity index (χ1v) is 11.5. The fraction of sp³-hybridized carbons (Fsp3) is 0.500. The van der Waals surface area contributed by atoms with E-state index in [2.05, 4.69) is 16.8 Å². The fourth-order valence-electron chi connectivity index (χ4n) is 4.14. The smallest absolute Gasteiger partial charge is 0.280 e. The van der Waals surface area contributed by atoms with Crippen LogP contribution in [0.3, 0.4) is 0 Å². The third kappa shape index (κ3) is 4.46. The van der Waals surface area contributed by atoms with Gasteiger partial charge in [0.2, 0.25) is 0 Å². The molecule has 4 rings (SSSR count). The second-order valence-corrected chi connectivity index (χ2v) is 9.63. The summed E-state index contributed by atoms with van der Waals surface area (Å²) in [5, 5.41) is 5.66. The number of fused-ring (bicyclic) bond motifs is 1. The summed E-state index contributed by atoms with van der Waals surface area (Å²) < 4.78 is 5.79. The van der Waals surface area contributed by atoms with E-state index in [1.807, 2.05) is 6.07 Å². The van der Waals surface area contributed by atoms with Gasteiger partial charge < -0.3 is 20.7 Å². The maximum absolute atomic E-state index is 12.8. The van der Waals surface area contributed by atoms with Crippen LogP contribution in [-0.4, -0.2) is 37.6 Å². The first kappa shape index (κ1) is 19.6. The lowest BCUT2D eigenvalue weighted by Crippen LogP contribution is -3.12. The van der Waals surface area contributed by atoms with Crippen molar-refractivity contribution in [1.29, 1.82) is 0 Å². The van der Waals surface area contributed by atoms with E-state index in [4.69, 9.17) is 10.5 Å². The van der Waals surface area contributed by atoms with Gasteiger partial charge in [0.25, 0.3) is 11.8 Å². The number of amides is 2. The molecule has 28 heavy (non-hydrogen) atoms. The van der Waals surface area contributed by atoms with E-state index in [0.717, 1.165) is 57.4 Å². The average molecular weight is 421 g/mol. The normalized spacial score (nSPS) is 19.5. The largest absolute Gasteiger partial charge is 0.372 e. The molecule has 2 aromatic rings. The molecule has 0 radical (unpaired) electrons. The molecule has 1 saturated heterocycles. The van der Waals surface area contributed by atoms with Gasteiger partial charge in [-0.25, -0.2) is 0 Å². The highest BCUT2D eigenvalue weighted by Gasteiger charge is 2.28. The minimum atomic E-state index is -0.447. The highest BCUT2D eigenvalue weighted by molar-refractivity contribution is 7.17. The summed E-state index contributed by atoms with van der Waals surface area (Å²) in [6.45, 7) is 2.77. The molecule has 0 saturated carbocycles. The number of primary amides is 1. The van der Waals surface area contributed by atoms with Crippen LogP contribution in [0.4, 0.5) is 5.00 Å². The lowest BCUT2D eigenvalue weighted by atomic mass is 10.1.